The average Bonchev–Trinajstić information content (AvgIpc) is 2.68. The Balaban J connectivity index is 1.99. The summed E-state index contributed by atoms with van der Waals surface area (Å²) in [4.78, 5) is 12.3. The van der Waals surface area contributed by atoms with Crippen LogP contribution in [0.15, 0.2) is 72.8 Å². The van der Waals surface area contributed by atoms with Gasteiger partial charge in [-0.1, -0.05) is 80.1 Å². The van der Waals surface area contributed by atoms with Crippen molar-refractivity contribution in [1.29, 1.82) is 0 Å². The van der Waals surface area contributed by atoms with Gasteiger partial charge in [0.25, 0.3) is 0 Å². The smallest absolute Gasteiger partial charge is 0.410 e. The first-order valence-corrected chi connectivity index (χ1v) is 11.5. The van der Waals surface area contributed by atoms with Crippen molar-refractivity contribution < 1.29 is 19.0 Å². The van der Waals surface area contributed by atoms with Crippen molar-refractivity contribution in [2.75, 3.05) is 0 Å². The highest BCUT2D eigenvalue weighted by Gasteiger charge is 2.45. The van der Waals surface area contributed by atoms with Crippen LogP contribution in [0.25, 0.3) is 10.8 Å². The fourth-order valence-electron chi connectivity index (χ4n) is 3.29. The number of nitrogens with one attached hydrogen (secondary N) is 1. The fraction of sp³-hybridized carbons (Fsp3) is 0.190. The number of hydrogen-bond donors (Lipinski definition) is 2. The minimum atomic E-state index is -4.05. The summed E-state index contributed by atoms with van der Waals surface area (Å²) in [5, 5.41) is 14.3. The first kappa shape index (κ1) is 20.4. The average molecular weight is 418 g/mol. The van der Waals surface area contributed by atoms with Gasteiger partial charge in [0.1, 0.15) is 5.75 Å². The highest BCUT2D eigenvalue weighted by molar-refractivity contribution is 7.84. The zero-order chi connectivity index (χ0) is 20.2. The number of fused-ring (bicyclic) bond motifs is 1. The molecule has 2 atom stereocenters. The minimum Gasteiger partial charge on any atom is -0.480 e. The van der Waals surface area contributed by atoms with Crippen LogP contribution in [-0.4, -0.2) is 11.1 Å². The molecule has 0 aliphatic carbocycles. The van der Waals surface area contributed by atoms with Gasteiger partial charge in [-0.3, -0.25) is 0 Å². The molecule has 0 heterocycles. The van der Waals surface area contributed by atoms with Crippen molar-refractivity contribution in [2.24, 2.45) is 0 Å². The fourth-order valence-corrected chi connectivity index (χ4v) is 5.20. The van der Waals surface area contributed by atoms with Gasteiger partial charge in [0.05, 0.1) is 0 Å². The molecule has 3 aromatic carbocycles. The van der Waals surface area contributed by atoms with Gasteiger partial charge in [0.15, 0.2) is 5.54 Å². The summed E-state index contributed by atoms with van der Waals surface area (Å²) in [5.74, 6) is -0.837. The zero-order valence-corrected chi connectivity index (χ0v) is 17.0. The predicted octanol–water partition coefficient (Wildman–Crippen LogP) is 5.94. The normalized spacial score (nSPS) is 15.5. The van der Waals surface area contributed by atoms with Gasteiger partial charge in [-0.25, -0.2) is 14.4 Å². The molecule has 0 bridgehead atoms. The first-order chi connectivity index (χ1) is 13.4. The number of carboxylic acids is 1. The SMILES string of the molecule is CCC[C@@](NP(=O)(Cl)Oc1cccc2ccccc12)(C(=O)O)c1ccccc1. The van der Waals surface area contributed by atoms with Gasteiger partial charge in [-0.05, 0) is 23.4 Å². The molecule has 5 nitrogen and oxygen atoms in total. The molecule has 0 spiro atoms. The Morgan fingerprint density at radius 2 is 1.71 bits per heavy atom. The number of carboxylic acid groups (broad SMARTS) is 1. The molecule has 3 aromatic rings. The molecule has 0 saturated heterocycles. The Kier molecular flexibility index (Phi) is 6.09. The van der Waals surface area contributed by atoms with Gasteiger partial charge >= 0.3 is 12.8 Å². The van der Waals surface area contributed by atoms with Crippen LogP contribution in [0.4, 0.5) is 0 Å². The second-order valence-electron chi connectivity index (χ2n) is 6.49. The van der Waals surface area contributed by atoms with Crippen LogP contribution in [0, 0.1) is 0 Å². The van der Waals surface area contributed by atoms with Crippen LogP contribution in [0.3, 0.4) is 0 Å². The molecule has 2 N–H and O–H groups in total. The second-order valence-corrected chi connectivity index (χ2v) is 9.19. The van der Waals surface area contributed by atoms with E-state index in [9.17, 15) is 14.5 Å². The lowest BCUT2D eigenvalue weighted by Gasteiger charge is -2.32. The molecule has 0 fully saturated rings. The number of carbonyl (C=O) groups is 1. The van der Waals surface area contributed by atoms with E-state index in [0.717, 1.165) is 10.8 Å². The van der Waals surface area contributed by atoms with Gasteiger partial charge in [-0.15, -0.1) is 0 Å². The molecule has 0 aliphatic heterocycles. The summed E-state index contributed by atoms with van der Waals surface area (Å²) in [5.41, 5.74) is -1.16. The van der Waals surface area contributed by atoms with Gasteiger partial charge in [0.2, 0.25) is 0 Å². The summed E-state index contributed by atoms with van der Waals surface area (Å²) in [6.07, 6.45) is 0.737. The van der Waals surface area contributed by atoms with E-state index in [2.05, 4.69) is 5.09 Å². The number of halogens is 1. The van der Waals surface area contributed by atoms with E-state index in [1.165, 1.54) is 0 Å². The molecule has 0 aliphatic rings. The van der Waals surface area contributed by atoms with Crippen LogP contribution < -0.4 is 9.61 Å². The molecular weight excluding hydrogens is 397 g/mol. The van der Waals surface area contributed by atoms with Crippen LogP contribution in [0.2, 0.25) is 0 Å². The van der Waals surface area contributed by atoms with E-state index in [1.807, 2.05) is 37.3 Å². The van der Waals surface area contributed by atoms with Crippen molar-refractivity contribution in [3.8, 4) is 5.75 Å². The maximum absolute atomic E-state index is 13.2. The van der Waals surface area contributed by atoms with Crippen molar-refractivity contribution in [1.82, 2.24) is 5.09 Å². The lowest BCUT2D eigenvalue weighted by Crippen LogP contribution is -2.47. The van der Waals surface area contributed by atoms with Crippen molar-refractivity contribution in [3.63, 3.8) is 0 Å². The molecule has 3 rings (SSSR count). The topological polar surface area (TPSA) is 75.6 Å². The van der Waals surface area contributed by atoms with Crippen molar-refractivity contribution >= 4 is 34.9 Å². The molecule has 28 heavy (non-hydrogen) atoms. The Hall–Kier alpha value is -2.33. The highest BCUT2D eigenvalue weighted by atomic mass is 35.7. The first-order valence-electron chi connectivity index (χ1n) is 8.93. The van der Waals surface area contributed by atoms with E-state index in [4.69, 9.17) is 15.8 Å². The van der Waals surface area contributed by atoms with Crippen LogP contribution >= 0.6 is 18.1 Å². The van der Waals surface area contributed by atoms with Crippen molar-refractivity contribution in [3.05, 3.63) is 78.4 Å². The molecule has 0 saturated carbocycles. The minimum absolute atomic E-state index is 0.196. The second kappa shape index (κ2) is 8.36. The van der Waals surface area contributed by atoms with Gasteiger partial charge < -0.3 is 9.63 Å². The van der Waals surface area contributed by atoms with Crippen LogP contribution in [0.5, 0.6) is 5.75 Å². The molecule has 0 radical (unpaired) electrons. The van der Waals surface area contributed by atoms with Crippen LogP contribution in [0.1, 0.15) is 25.3 Å². The Bertz CT molecular complexity index is 1020. The third-order valence-electron chi connectivity index (χ3n) is 4.55. The van der Waals surface area contributed by atoms with E-state index in [0.29, 0.717) is 17.7 Å². The quantitative estimate of drug-likeness (QED) is 0.444. The van der Waals surface area contributed by atoms with E-state index in [1.54, 1.807) is 42.5 Å². The Morgan fingerprint density at radius 1 is 1.07 bits per heavy atom. The maximum Gasteiger partial charge on any atom is 0.410 e. The Morgan fingerprint density at radius 3 is 2.39 bits per heavy atom. The number of aliphatic carboxylic acids is 1. The Labute approximate surface area is 168 Å². The zero-order valence-electron chi connectivity index (χ0n) is 15.3. The molecule has 0 aromatic heterocycles. The molecule has 1 unspecified atom stereocenters. The molecule has 0 amide bonds. The summed E-state index contributed by atoms with van der Waals surface area (Å²) >= 11 is 6.24. The number of rotatable bonds is 8. The van der Waals surface area contributed by atoms with E-state index < -0.39 is 18.4 Å². The van der Waals surface area contributed by atoms with Crippen LogP contribution in [-0.2, 0) is 14.9 Å². The van der Waals surface area contributed by atoms with E-state index in [-0.39, 0.29) is 6.42 Å². The lowest BCUT2D eigenvalue weighted by molar-refractivity contribution is -0.145. The molecule has 146 valence electrons. The molecule has 7 heteroatoms. The summed E-state index contributed by atoms with van der Waals surface area (Å²) < 4.78 is 18.8. The highest BCUT2D eigenvalue weighted by Crippen LogP contribution is 2.53. The predicted molar refractivity (Wildman–Crippen MR) is 112 cm³/mol. The third kappa shape index (κ3) is 4.22. The standard InChI is InChI=1S/C21H21ClNO4P/c1-2-15-21(20(24)25,17-11-4-3-5-12-17)23-28(22,26)27-19-14-8-10-16-9-6-7-13-18(16)19/h3-14H,2,15H2,1H3,(H,23,26)(H,24,25)/t21-,28?/m0/s1. The number of hydrogen-bond acceptors (Lipinski definition) is 3. The monoisotopic (exact) mass is 417 g/mol. The largest absolute Gasteiger partial charge is 0.480 e. The van der Waals surface area contributed by atoms with Gasteiger partial charge in [-0.2, -0.15) is 0 Å². The molecular formula is C21H21ClNO4P. The number of benzene rings is 3. The van der Waals surface area contributed by atoms with E-state index >= 15 is 0 Å². The van der Waals surface area contributed by atoms with Gasteiger partial charge in [0, 0.05) is 16.6 Å². The summed E-state index contributed by atoms with van der Waals surface area (Å²) in [6, 6.07) is 21.4. The summed E-state index contributed by atoms with van der Waals surface area (Å²) in [6.45, 7) is -2.19. The lowest BCUT2D eigenvalue weighted by atomic mass is 9.87. The third-order valence-corrected chi connectivity index (χ3v) is 6.09. The maximum atomic E-state index is 13.2. The van der Waals surface area contributed by atoms with Crippen molar-refractivity contribution in [2.45, 2.75) is 25.3 Å². The summed E-state index contributed by atoms with van der Waals surface area (Å²) in [7, 11) is 0.